The van der Waals surface area contributed by atoms with Crippen LogP contribution in [0.4, 0.5) is 5.69 Å². The molecule has 0 unspecified atom stereocenters. The van der Waals surface area contributed by atoms with Gasteiger partial charge in [0.05, 0.1) is 10.5 Å². The van der Waals surface area contributed by atoms with E-state index >= 15 is 0 Å². The molecule has 27 heavy (non-hydrogen) atoms. The number of hydrogen-bond donors (Lipinski definition) is 0. The van der Waals surface area contributed by atoms with Gasteiger partial charge in [-0.2, -0.15) is 0 Å². The number of likely N-dealkylation sites (tertiary alicyclic amines) is 1. The monoisotopic (exact) mass is 384 g/mol. The van der Waals surface area contributed by atoms with Crippen LogP contribution >= 0.6 is 12.2 Å². The van der Waals surface area contributed by atoms with Gasteiger partial charge in [-0.1, -0.05) is 19.1 Å². The summed E-state index contributed by atoms with van der Waals surface area (Å²) in [7, 11) is 0. The van der Waals surface area contributed by atoms with Crippen molar-refractivity contribution in [3.05, 3.63) is 69.8 Å². The van der Waals surface area contributed by atoms with Crippen LogP contribution in [0.2, 0.25) is 0 Å². The lowest BCUT2D eigenvalue weighted by atomic mass is 9.99. The van der Waals surface area contributed by atoms with Gasteiger partial charge in [0.1, 0.15) is 10.7 Å². The number of rotatable bonds is 4. The van der Waals surface area contributed by atoms with Gasteiger partial charge in [0, 0.05) is 30.8 Å². The minimum absolute atomic E-state index is 0.0727. The zero-order valence-corrected chi connectivity index (χ0v) is 15.8. The smallest absolute Gasteiger partial charge is 0.343 e. The van der Waals surface area contributed by atoms with Crippen molar-refractivity contribution in [3.8, 4) is 5.75 Å². The summed E-state index contributed by atoms with van der Waals surface area (Å²) in [6.45, 7) is 4.20. The van der Waals surface area contributed by atoms with Crippen molar-refractivity contribution in [2.24, 2.45) is 5.92 Å². The Balaban J connectivity index is 1.62. The highest BCUT2D eigenvalue weighted by molar-refractivity contribution is 7.80. The average Bonchev–Trinajstić information content (AvgIpc) is 2.68. The fourth-order valence-electron chi connectivity index (χ4n) is 2.94. The number of nitrogens with zero attached hydrogens (tertiary/aromatic N) is 2. The summed E-state index contributed by atoms with van der Waals surface area (Å²) in [5.74, 6) is 0.577. The molecular formula is C20H20N2O4S. The molecule has 0 aromatic heterocycles. The maximum absolute atomic E-state index is 12.2. The van der Waals surface area contributed by atoms with Crippen LogP contribution in [0, 0.1) is 16.0 Å². The molecule has 0 spiro atoms. The number of nitro groups is 1. The fourth-order valence-corrected chi connectivity index (χ4v) is 3.26. The van der Waals surface area contributed by atoms with Crippen LogP contribution in [0.3, 0.4) is 0 Å². The first kappa shape index (κ1) is 19.0. The highest BCUT2D eigenvalue weighted by Gasteiger charge is 2.19. The Morgan fingerprint density at radius 3 is 2.19 bits per heavy atom. The SMILES string of the molecule is CC1CCN(C(=S)c2ccc(OC(=O)c3ccc([N+](=O)[O-])cc3)cc2)CC1. The van der Waals surface area contributed by atoms with E-state index in [1.165, 1.54) is 24.3 Å². The summed E-state index contributed by atoms with van der Waals surface area (Å²) in [5.41, 5.74) is 1.11. The quantitative estimate of drug-likeness (QED) is 0.258. The summed E-state index contributed by atoms with van der Waals surface area (Å²) in [5, 5.41) is 10.7. The first-order valence-corrected chi connectivity index (χ1v) is 9.21. The van der Waals surface area contributed by atoms with E-state index < -0.39 is 10.9 Å². The van der Waals surface area contributed by atoms with Gasteiger partial charge in [0.15, 0.2) is 0 Å². The van der Waals surface area contributed by atoms with Gasteiger partial charge in [-0.25, -0.2) is 4.79 Å². The number of benzene rings is 2. The number of nitro benzene ring substituents is 1. The minimum Gasteiger partial charge on any atom is -0.423 e. The lowest BCUT2D eigenvalue weighted by Gasteiger charge is -2.32. The van der Waals surface area contributed by atoms with Crippen LogP contribution in [-0.4, -0.2) is 33.9 Å². The molecule has 0 saturated carbocycles. The van der Waals surface area contributed by atoms with E-state index in [4.69, 9.17) is 17.0 Å². The van der Waals surface area contributed by atoms with E-state index in [9.17, 15) is 14.9 Å². The Morgan fingerprint density at radius 2 is 1.63 bits per heavy atom. The number of carbonyl (C=O) groups is 1. The maximum Gasteiger partial charge on any atom is 0.343 e. The minimum atomic E-state index is -0.565. The summed E-state index contributed by atoms with van der Waals surface area (Å²) < 4.78 is 5.33. The molecule has 1 saturated heterocycles. The van der Waals surface area contributed by atoms with Crippen LogP contribution in [0.15, 0.2) is 48.5 Å². The zero-order chi connectivity index (χ0) is 19.4. The number of hydrogen-bond acceptors (Lipinski definition) is 5. The van der Waals surface area contributed by atoms with Crippen LogP contribution in [0.5, 0.6) is 5.75 Å². The standard InChI is InChI=1S/C20H20N2O4S/c1-14-10-12-21(13-11-14)19(27)15-4-8-18(9-5-15)26-20(23)16-2-6-17(7-3-16)22(24)25/h2-9,14H,10-13H2,1H3. The second-order valence-corrected chi connectivity index (χ2v) is 7.08. The van der Waals surface area contributed by atoms with E-state index in [0.717, 1.165) is 42.4 Å². The molecule has 0 amide bonds. The molecule has 7 heteroatoms. The molecule has 3 rings (SSSR count). The van der Waals surface area contributed by atoms with Crippen molar-refractivity contribution in [1.29, 1.82) is 0 Å². The molecule has 0 atom stereocenters. The molecular weight excluding hydrogens is 364 g/mol. The second kappa shape index (κ2) is 8.26. The molecule has 0 radical (unpaired) electrons. The third-order valence-corrected chi connectivity index (χ3v) is 5.19. The number of ether oxygens (including phenoxy) is 1. The van der Waals surface area contributed by atoms with Crippen molar-refractivity contribution in [3.63, 3.8) is 0 Å². The Morgan fingerprint density at radius 1 is 1.07 bits per heavy atom. The van der Waals surface area contributed by atoms with Gasteiger partial charge in [-0.15, -0.1) is 0 Å². The second-order valence-electron chi connectivity index (χ2n) is 6.69. The third kappa shape index (κ3) is 4.68. The highest BCUT2D eigenvalue weighted by atomic mass is 32.1. The van der Waals surface area contributed by atoms with Gasteiger partial charge >= 0.3 is 5.97 Å². The average molecular weight is 384 g/mol. The predicted molar refractivity (Wildman–Crippen MR) is 106 cm³/mol. The van der Waals surface area contributed by atoms with Gasteiger partial charge in [0.2, 0.25) is 0 Å². The summed E-state index contributed by atoms with van der Waals surface area (Å²) in [4.78, 5) is 25.3. The number of non-ortho nitro benzene ring substituents is 1. The van der Waals surface area contributed by atoms with Crippen molar-refractivity contribution in [2.45, 2.75) is 19.8 Å². The van der Waals surface area contributed by atoms with E-state index in [1.54, 1.807) is 12.1 Å². The van der Waals surface area contributed by atoms with E-state index in [-0.39, 0.29) is 11.3 Å². The van der Waals surface area contributed by atoms with Gasteiger partial charge in [0.25, 0.3) is 5.69 Å². The first-order valence-electron chi connectivity index (χ1n) is 8.80. The molecule has 1 fully saturated rings. The van der Waals surface area contributed by atoms with Crippen molar-refractivity contribution in [2.75, 3.05) is 13.1 Å². The molecule has 1 aliphatic heterocycles. The lowest BCUT2D eigenvalue weighted by Crippen LogP contribution is -2.37. The van der Waals surface area contributed by atoms with Gasteiger partial charge < -0.3 is 9.64 Å². The van der Waals surface area contributed by atoms with E-state index in [2.05, 4.69) is 11.8 Å². The largest absolute Gasteiger partial charge is 0.423 e. The Kier molecular flexibility index (Phi) is 5.81. The van der Waals surface area contributed by atoms with Crippen LogP contribution in [0.1, 0.15) is 35.7 Å². The molecule has 2 aromatic carbocycles. The van der Waals surface area contributed by atoms with Crippen LogP contribution in [-0.2, 0) is 0 Å². The molecule has 1 heterocycles. The van der Waals surface area contributed by atoms with Crippen molar-refractivity contribution in [1.82, 2.24) is 4.90 Å². The van der Waals surface area contributed by atoms with Gasteiger partial charge in [-0.3, -0.25) is 10.1 Å². The summed E-state index contributed by atoms with van der Waals surface area (Å²) in [6, 6.07) is 12.4. The first-order chi connectivity index (χ1) is 12.9. The fraction of sp³-hybridized carbons (Fsp3) is 0.300. The molecule has 0 N–H and O–H groups in total. The van der Waals surface area contributed by atoms with Gasteiger partial charge in [-0.05, 0) is 55.2 Å². The number of esters is 1. The maximum atomic E-state index is 12.2. The summed E-state index contributed by atoms with van der Waals surface area (Å²) >= 11 is 5.58. The molecule has 140 valence electrons. The van der Waals surface area contributed by atoms with E-state index in [1.807, 2.05) is 12.1 Å². The van der Waals surface area contributed by atoms with Crippen molar-refractivity contribution < 1.29 is 14.5 Å². The Hall–Kier alpha value is -2.80. The molecule has 0 bridgehead atoms. The number of thiocarbonyl (C=S) groups is 1. The Labute approximate surface area is 162 Å². The molecule has 2 aromatic rings. The number of piperidine rings is 1. The molecule has 1 aliphatic rings. The lowest BCUT2D eigenvalue weighted by molar-refractivity contribution is -0.384. The van der Waals surface area contributed by atoms with Crippen LogP contribution in [0.25, 0.3) is 0 Å². The van der Waals surface area contributed by atoms with Crippen molar-refractivity contribution >= 4 is 28.9 Å². The van der Waals surface area contributed by atoms with Crippen LogP contribution < -0.4 is 4.74 Å². The zero-order valence-electron chi connectivity index (χ0n) is 15.0. The summed E-state index contributed by atoms with van der Waals surface area (Å²) in [6.07, 6.45) is 2.29. The number of carbonyl (C=O) groups excluding carboxylic acids is 1. The third-order valence-electron chi connectivity index (χ3n) is 4.70. The normalized spacial score (nSPS) is 14.6. The molecule has 6 nitrogen and oxygen atoms in total. The highest BCUT2D eigenvalue weighted by Crippen LogP contribution is 2.21. The van der Waals surface area contributed by atoms with E-state index in [0.29, 0.717) is 5.75 Å². The predicted octanol–water partition coefficient (Wildman–Crippen LogP) is 4.22. The topological polar surface area (TPSA) is 72.7 Å². The Bertz CT molecular complexity index is 841. The molecule has 0 aliphatic carbocycles.